The van der Waals surface area contributed by atoms with Crippen molar-refractivity contribution in [2.75, 3.05) is 11.9 Å². The van der Waals surface area contributed by atoms with Crippen LogP contribution >= 0.6 is 0 Å². The number of fused-ring (bicyclic) bond motifs is 1. The summed E-state index contributed by atoms with van der Waals surface area (Å²) in [6, 6.07) is 22.2. The highest BCUT2D eigenvalue weighted by molar-refractivity contribution is 7.90. The number of carbonyl (C=O) groups is 2. The molecule has 5 rings (SSSR count). The first-order valence-electron chi connectivity index (χ1n) is 11.6. The molecule has 2 unspecified atom stereocenters. The van der Waals surface area contributed by atoms with Gasteiger partial charge in [0, 0.05) is 18.7 Å². The molecule has 2 aliphatic carbocycles. The molecule has 2 atom stereocenters. The zero-order valence-electron chi connectivity index (χ0n) is 19.4. The quantitative estimate of drug-likeness (QED) is 0.551. The first-order chi connectivity index (χ1) is 16.8. The van der Waals surface area contributed by atoms with Gasteiger partial charge in [0.15, 0.2) is 0 Å². The maximum absolute atomic E-state index is 13.8. The molecule has 2 aliphatic rings. The van der Waals surface area contributed by atoms with E-state index < -0.39 is 21.6 Å². The molecule has 0 spiro atoms. The van der Waals surface area contributed by atoms with Gasteiger partial charge in [-0.3, -0.25) is 4.79 Å². The van der Waals surface area contributed by atoms with Gasteiger partial charge in [0.1, 0.15) is 5.54 Å². The summed E-state index contributed by atoms with van der Waals surface area (Å²) in [5.41, 5.74) is 2.97. The van der Waals surface area contributed by atoms with Crippen LogP contribution in [0.3, 0.4) is 0 Å². The Kier molecular flexibility index (Phi) is 5.84. The number of carbonyl (C=O) groups excluding carboxylic acids is 2. The summed E-state index contributed by atoms with van der Waals surface area (Å²) in [4.78, 5) is 28.3. The summed E-state index contributed by atoms with van der Waals surface area (Å²) in [6.07, 6.45) is 3.52. The van der Waals surface area contributed by atoms with Gasteiger partial charge in [-0.15, -0.1) is 0 Å². The van der Waals surface area contributed by atoms with Crippen LogP contribution in [0.15, 0.2) is 83.8 Å². The lowest BCUT2D eigenvalue weighted by molar-refractivity contribution is -0.121. The van der Waals surface area contributed by atoms with Gasteiger partial charge in [0.05, 0.1) is 4.90 Å². The lowest BCUT2D eigenvalue weighted by Crippen LogP contribution is -2.54. The lowest BCUT2D eigenvalue weighted by Gasteiger charge is -2.26. The van der Waals surface area contributed by atoms with Crippen LogP contribution in [0.25, 0.3) is 0 Å². The standard InChI is InChI=1S/C27H27N3O4S/c1-30(22-16-15-19-11-8-12-21(19)17-22)25(31)27(18-24(27)20-9-4-2-5-10-20)28-26(32)29-35(33,34)23-13-6-3-7-14-23/h2-7,9-10,13-17,24H,8,11-12,18H2,1H3,(H2,28,29,32). The van der Waals surface area contributed by atoms with E-state index in [4.69, 9.17) is 0 Å². The molecule has 35 heavy (non-hydrogen) atoms. The van der Waals surface area contributed by atoms with Crippen molar-refractivity contribution in [2.24, 2.45) is 0 Å². The summed E-state index contributed by atoms with van der Waals surface area (Å²) < 4.78 is 27.4. The topological polar surface area (TPSA) is 95.6 Å². The Balaban J connectivity index is 1.41. The number of aryl methyl sites for hydroxylation is 2. The number of hydrogen-bond donors (Lipinski definition) is 2. The Hall–Kier alpha value is -3.65. The third-order valence-electron chi connectivity index (χ3n) is 6.94. The van der Waals surface area contributed by atoms with E-state index in [9.17, 15) is 18.0 Å². The molecule has 1 fully saturated rings. The van der Waals surface area contributed by atoms with E-state index in [-0.39, 0.29) is 16.7 Å². The molecular weight excluding hydrogens is 462 g/mol. The molecule has 3 aromatic rings. The van der Waals surface area contributed by atoms with Crippen LogP contribution in [0.5, 0.6) is 0 Å². The fraction of sp³-hybridized carbons (Fsp3) is 0.259. The molecule has 0 saturated heterocycles. The number of amides is 3. The second-order valence-corrected chi connectivity index (χ2v) is 10.9. The van der Waals surface area contributed by atoms with Crippen LogP contribution in [0.2, 0.25) is 0 Å². The minimum Gasteiger partial charge on any atom is -0.322 e. The number of likely N-dealkylation sites (N-methyl/N-ethyl adjacent to an activating group) is 1. The molecule has 2 N–H and O–H groups in total. The third-order valence-corrected chi connectivity index (χ3v) is 8.28. The summed E-state index contributed by atoms with van der Waals surface area (Å²) in [6.45, 7) is 0. The van der Waals surface area contributed by atoms with Crippen LogP contribution in [-0.4, -0.2) is 32.9 Å². The molecule has 3 aromatic carbocycles. The summed E-state index contributed by atoms with van der Waals surface area (Å²) in [7, 11) is -2.38. The van der Waals surface area contributed by atoms with Crippen molar-refractivity contribution in [3.8, 4) is 0 Å². The maximum atomic E-state index is 13.8. The Morgan fingerprint density at radius 2 is 1.57 bits per heavy atom. The van der Waals surface area contributed by atoms with Crippen molar-refractivity contribution in [3.05, 3.63) is 95.6 Å². The van der Waals surface area contributed by atoms with Crippen LogP contribution in [-0.2, 0) is 27.7 Å². The van der Waals surface area contributed by atoms with Gasteiger partial charge in [-0.2, -0.15) is 0 Å². The van der Waals surface area contributed by atoms with E-state index in [2.05, 4.69) is 16.1 Å². The molecule has 8 heteroatoms. The normalized spacial score (nSPS) is 20.5. The highest BCUT2D eigenvalue weighted by atomic mass is 32.2. The van der Waals surface area contributed by atoms with Gasteiger partial charge in [-0.05, 0) is 66.6 Å². The zero-order chi connectivity index (χ0) is 24.6. The molecule has 0 aromatic heterocycles. The number of sulfonamides is 1. The van der Waals surface area contributed by atoms with Gasteiger partial charge >= 0.3 is 6.03 Å². The van der Waals surface area contributed by atoms with Crippen LogP contribution < -0.4 is 14.9 Å². The second-order valence-electron chi connectivity index (χ2n) is 9.18. The average molecular weight is 490 g/mol. The number of anilines is 1. The van der Waals surface area contributed by atoms with E-state index in [1.807, 2.05) is 42.5 Å². The minimum absolute atomic E-state index is 0.0267. The number of nitrogens with zero attached hydrogens (tertiary/aromatic N) is 1. The Morgan fingerprint density at radius 3 is 2.29 bits per heavy atom. The maximum Gasteiger partial charge on any atom is 0.329 e. The second kappa shape index (κ2) is 8.85. The van der Waals surface area contributed by atoms with Gasteiger partial charge < -0.3 is 10.2 Å². The van der Waals surface area contributed by atoms with Gasteiger partial charge in [-0.25, -0.2) is 17.9 Å². The average Bonchev–Trinajstić information content (AvgIpc) is 3.39. The van der Waals surface area contributed by atoms with Crippen LogP contribution in [0.4, 0.5) is 10.5 Å². The SMILES string of the molecule is CN(C(=O)C1(NC(=O)NS(=O)(=O)c2ccccc2)CC1c1ccccc1)c1ccc2c(c1)CCC2. The predicted molar refractivity (Wildman–Crippen MR) is 134 cm³/mol. The highest BCUT2D eigenvalue weighted by Crippen LogP contribution is 2.52. The van der Waals surface area contributed by atoms with Gasteiger partial charge in [-0.1, -0.05) is 54.6 Å². The molecule has 0 aliphatic heterocycles. The van der Waals surface area contributed by atoms with E-state index in [0.29, 0.717) is 6.42 Å². The largest absolute Gasteiger partial charge is 0.329 e. The minimum atomic E-state index is -4.08. The van der Waals surface area contributed by atoms with Crippen LogP contribution in [0.1, 0.15) is 35.4 Å². The predicted octanol–water partition coefficient (Wildman–Crippen LogP) is 3.75. The van der Waals surface area contributed by atoms with E-state index in [1.165, 1.54) is 23.3 Å². The number of urea groups is 1. The molecular formula is C27H27N3O4S. The molecule has 0 heterocycles. The smallest absolute Gasteiger partial charge is 0.322 e. The van der Waals surface area contributed by atoms with Crippen molar-refractivity contribution in [1.29, 1.82) is 0 Å². The van der Waals surface area contributed by atoms with Gasteiger partial charge in [0.2, 0.25) is 0 Å². The summed E-state index contributed by atoms with van der Waals surface area (Å²) >= 11 is 0. The molecule has 0 bridgehead atoms. The first kappa shape index (κ1) is 23.1. The Labute approximate surface area is 205 Å². The highest BCUT2D eigenvalue weighted by Gasteiger charge is 2.63. The monoisotopic (exact) mass is 489 g/mol. The number of hydrogen-bond acceptors (Lipinski definition) is 4. The van der Waals surface area contributed by atoms with E-state index in [1.54, 1.807) is 30.1 Å². The van der Waals surface area contributed by atoms with E-state index >= 15 is 0 Å². The number of rotatable bonds is 6. The Morgan fingerprint density at radius 1 is 0.914 bits per heavy atom. The lowest BCUT2D eigenvalue weighted by atomic mass is 10.0. The fourth-order valence-corrected chi connectivity index (χ4v) is 5.90. The number of benzene rings is 3. The van der Waals surface area contributed by atoms with Crippen molar-refractivity contribution >= 4 is 27.6 Å². The fourth-order valence-electron chi connectivity index (χ4n) is 4.97. The summed E-state index contributed by atoms with van der Waals surface area (Å²) in [5.74, 6) is -0.546. The van der Waals surface area contributed by atoms with Crippen molar-refractivity contribution in [1.82, 2.24) is 10.0 Å². The molecule has 3 amide bonds. The molecule has 0 radical (unpaired) electrons. The molecule has 7 nitrogen and oxygen atoms in total. The third kappa shape index (κ3) is 4.41. The zero-order valence-corrected chi connectivity index (χ0v) is 20.2. The molecule has 180 valence electrons. The summed E-state index contributed by atoms with van der Waals surface area (Å²) in [5, 5.41) is 2.72. The van der Waals surface area contributed by atoms with Crippen LogP contribution in [0, 0.1) is 0 Å². The van der Waals surface area contributed by atoms with E-state index in [0.717, 1.165) is 30.5 Å². The number of nitrogens with one attached hydrogen (secondary N) is 2. The first-order valence-corrected chi connectivity index (χ1v) is 13.1. The van der Waals surface area contributed by atoms with Crippen molar-refractivity contribution in [3.63, 3.8) is 0 Å². The van der Waals surface area contributed by atoms with Gasteiger partial charge in [0.25, 0.3) is 15.9 Å². The van der Waals surface area contributed by atoms with Crippen molar-refractivity contribution < 1.29 is 18.0 Å². The molecule has 1 saturated carbocycles. The Bertz CT molecular complexity index is 1380. The van der Waals surface area contributed by atoms with Crippen molar-refractivity contribution in [2.45, 2.75) is 42.0 Å².